The van der Waals surface area contributed by atoms with Crippen LogP contribution >= 0.6 is 0 Å². The smallest absolute Gasteiger partial charge is 0.410 e. The zero-order chi connectivity index (χ0) is 14.4. The second-order valence-electron chi connectivity index (χ2n) is 5.00. The zero-order valence-corrected chi connectivity index (χ0v) is 12.3. The van der Waals surface area contributed by atoms with Gasteiger partial charge in [-0.3, -0.25) is 0 Å². The maximum atomic E-state index is 12.0. The van der Waals surface area contributed by atoms with E-state index in [0.717, 1.165) is 11.3 Å². The van der Waals surface area contributed by atoms with Crippen LogP contribution in [0.25, 0.3) is 0 Å². The fourth-order valence-electron chi connectivity index (χ4n) is 2.00. The predicted octanol–water partition coefficient (Wildman–Crippen LogP) is 3.45. The number of benzene rings is 1. The summed E-state index contributed by atoms with van der Waals surface area (Å²) in [4.78, 5) is 13.7. The lowest BCUT2D eigenvalue weighted by atomic mass is 10.2. The van der Waals surface area contributed by atoms with Gasteiger partial charge in [-0.15, -0.1) is 0 Å². The molecule has 0 aliphatic rings. The van der Waals surface area contributed by atoms with Crippen molar-refractivity contribution < 1.29 is 14.3 Å². The van der Waals surface area contributed by atoms with Gasteiger partial charge in [0.2, 0.25) is 0 Å². The minimum Gasteiger partial charge on any atom is -0.497 e. The monoisotopic (exact) mass is 265 g/mol. The van der Waals surface area contributed by atoms with E-state index in [4.69, 9.17) is 9.47 Å². The summed E-state index contributed by atoms with van der Waals surface area (Å²) in [6.45, 7) is 8.17. The molecule has 0 bridgehead atoms. The minimum absolute atomic E-state index is 0.123. The van der Waals surface area contributed by atoms with Crippen LogP contribution in [0.1, 0.15) is 33.3 Å². The number of carbonyl (C=O) groups excluding carboxylic acids is 1. The lowest BCUT2D eigenvalue weighted by Crippen LogP contribution is -2.42. The summed E-state index contributed by atoms with van der Waals surface area (Å²) in [7, 11) is 1.62. The van der Waals surface area contributed by atoms with Crippen LogP contribution in [-0.4, -0.2) is 30.2 Å². The van der Waals surface area contributed by atoms with E-state index in [2.05, 4.69) is 0 Å². The third kappa shape index (κ3) is 4.47. The first-order valence-electron chi connectivity index (χ1n) is 6.53. The molecule has 4 heteroatoms. The summed E-state index contributed by atoms with van der Waals surface area (Å²) in [6.07, 6.45) is -0.284. The Hall–Kier alpha value is -1.71. The molecule has 0 atom stereocenters. The van der Waals surface area contributed by atoms with Crippen molar-refractivity contribution in [1.29, 1.82) is 0 Å². The number of hydrogen-bond donors (Lipinski definition) is 0. The SMILES string of the molecule is COc1cccc(COC(=O)N(C(C)C)C(C)C)c1. The Morgan fingerprint density at radius 1 is 1.21 bits per heavy atom. The second kappa shape index (κ2) is 7.02. The van der Waals surface area contributed by atoms with Crippen LogP contribution in [0.15, 0.2) is 24.3 Å². The normalized spacial score (nSPS) is 10.7. The van der Waals surface area contributed by atoms with Gasteiger partial charge in [0.1, 0.15) is 12.4 Å². The van der Waals surface area contributed by atoms with Crippen molar-refractivity contribution in [1.82, 2.24) is 4.90 Å². The summed E-state index contributed by atoms with van der Waals surface area (Å²) < 4.78 is 10.5. The molecule has 0 radical (unpaired) electrons. The molecule has 19 heavy (non-hydrogen) atoms. The van der Waals surface area contributed by atoms with Gasteiger partial charge in [0.25, 0.3) is 0 Å². The van der Waals surface area contributed by atoms with Gasteiger partial charge in [-0.1, -0.05) is 12.1 Å². The van der Waals surface area contributed by atoms with Crippen LogP contribution in [-0.2, 0) is 11.3 Å². The van der Waals surface area contributed by atoms with Crippen molar-refractivity contribution >= 4 is 6.09 Å². The fraction of sp³-hybridized carbons (Fsp3) is 0.533. The topological polar surface area (TPSA) is 38.8 Å². The van der Waals surface area contributed by atoms with Crippen LogP contribution in [0, 0.1) is 0 Å². The third-order valence-electron chi connectivity index (χ3n) is 2.82. The van der Waals surface area contributed by atoms with Crippen molar-refractivity contribution in [3.8, 4) is 5.75 Å². The van der Waals surface area contributed by atoms with E-state index in [-0.39, 0.29) is 24.8 Å². The number of carbonyl (C=O) groups is 1. The average molecular weight is 265 g/mol. The maximum Gasteiger partial charge on any atom is 0.410 e. The quantitative estimate of drug-likeness (QED) is 0.818. The molecule has 0 N–H and O–H groups in total. The predicted molar refractivity (Wildman–Crippen MR) is 75.3 cm³/mol. The van der Waals surface area contributed by atoms with E-state index in [0.29, 0.717) is 0 Å². The number of amides is 1. The highest BCUT2D eigenvalue weighted by Gasteiger charge is 2.21. The van der Waals surface area contributed by atoms with Crippen LogP contribution in [0.4, 0.5) is 4.79 Å². The first-order valence-corrected chi connectivity index (χ1v) is 6.53. The molecular formula is C15H23NO3. The molecule has 0 aliphatic carbocycles. The van der Waals surface area contributed by atoms with E-state index < -0.39 is 0 Å². The molecule has 0 aliphatic heterocycles. The molecule has 0 unspecified atom stereocenters. The largest absolute Gasteiger partial charge is 0.497 e. The number of methoxy groups -OCH3 is 1. The van der Waals surface area contributed by atoms with Gasteiger partial charge in [-0.2, -0.15) is 0 Å². The molecule has 0 saturated carbocycles. The van der Waals surface area contributed by atoms with Gasteiger partial charge < -0.3 is 14.4 Å². The lowest BCUT2D eigenvalue weighted by Gasteiger charge is -2.29. The molecule has 0 heterocycles. The molecule has 4 nitrogen and oxygen atoms in total. The summed E-state index contributed by atoms with van der Waals surface area (Å²) in [5.41, 5.74) is 0.917. The van der Waals surface area contributed by atoms with Crippen LogP contribution < -0.4 is 4.74 Å². The Kier molecular flexibility index (Phi) is 5.67. The molecule has 1 aromatic rings. The number of ether oxygens (including phenoxy) is 2. The third-order valence-corrected chi connectivity index (χ3v) is 2.82. The van der Waals surface area contributed by atoms with Gasteiger partial charge >= 0.3 is 6.09 Å². The van der Waals surface area contributed by atoms with E-state index in [1.807, 2.05) is 52.0 Å². The van der Waals surface area contributed by atoms with Crippen molar-refractivity contribution in [3.63, 3.8) is 0 Å². The Bertz CT molecular complexity index is 408. The minimum atomic E-state index is -0.284. The summed E-state index contributed by atoms with van der Waals surface area (Å²) in [5.74, 6) is 0.762. The molecule has 0 saturated heterocycles. The van der Waals surface area contributed by atoms with Gasteiger partial charge in [-0.25, -0.2) is 4.79 Å². The van der Waals surface area contributed by atoms with Gasteiger partial charge in [-0.05, 0) is 45.4 Å². The van der Waals surface area contributed by atoms with Crippen molar-refractivity contribution in [2.75, 3.05) is 7.11 Å². The summed E-state index contributed by atoms with van der Waals surface area (Å²) in [6, 6.07) is 7.76. The Labute approximate surface area is 115 Å². The van der Waals surface area contributed by atoms with Crippen LogP contribution in [0.2, 0.25) is 0 Å². The molecule has 0 fully saturated rings. The average Bonchev–Trinajstić information content (AvgIpc) is 2.35. The first kappa shape index (κ1) is 15.3. The number of rotatable bonds is 5. The summed E-state index contributed by atoms with van der Waals surface area (Å²) in [5, 5.41) is 0. The van der Waals surface area contributed by atoms with Crippen molar-refractivity contribution in [3.05, 3.63) is 29.8 Å². The Morgan fingerprint density at radius 3 is 2.37 bits per heavy atom. The van der Waals surface area contributed by atoms with Gasteiger partial charge in [0.15, 0.2) is 0 Å². The van der Waals surface area contributed by atoms with Crippen LogP contribution in [0.3, 0.4) is 0 Å². The molecular weight excluding hydrogens is 242 g/mol. The highest BCUT2D eigenvalue weighted by molar-refractivity contribution is 5.68. The molecule has 106 valence electrons. The highest BCUT2D eigenvalue weighted by atomic mass is 16.6. The number of nitrogens with zero attached hydrogens (tertiary/aromatic N) is 1. The number of hydrogen-bond acceptors (Lipinski definition) is 3. The maximum absolute atomic E-state index is 12.0. The van der Waals surface area contributed by atoms with Crippen molar-refractivity contribution in [2.45, 2.75) is 46.4 Å². The van der Waals surface area contributed by atoms with E-state index >= 15 is 0 Å². The van der Waals surface area contributed by atoms with Crippen molar-refractivity contribution in [2.24, 2.45) is 0 Å². The molecule has 1 rings (SSSR count). The van der Waals surface area contributed by atoms with E-state index in [9.17, 15) is 4.79 Å². The Balaban J connectivity index is 2.62. The first-order chi connectivity index (χ1) is 8.95. The molecule has 0 spiro atoms. The molecule has 1 amide bonds. The van der Waals surface area contributed by atoms with E-state index in [1.165, 1.54) is 0 Å². The van der Waals surface area contributed by atoms with Gasteiger partial charge in [0, 0.05) is 12.1 Å². The Morgan fingerprint density at radius 2 is 1.84 bits per heavy atom. The summed E-state index contributed by atoms with van der Waals surface area (Å²) >= 11 is 0. The standard InChI is InChI=1S/C15H23NO3/c1-11(2)16(12(3)4)15(17)19-10-13-7-6-8-14(9-13)18-5/h6-9,11-12H,10H2,1-5H3. The van der Waals surface area contributed by atoms with E-state index in [1.54, 1.807) is 12.0 Å². The zero-order valence-electron chi connectivity index (χ0n) is 12.3. The molecule has 1 aromatic carbocycles. The second-order valence-corrected chi connectivity index (χ2v) is 5.00. The van der Waals surface area contributed by atoms with Gasteiger partial charge in [0.05, 0.1) is 7.11 Å². The molecule has 0 aromatic heterocycles. The lowest BCUT2D eigenvalue weighted by molar-refractivity contribution is 0.0738. The highest BCUT2D eigenvalue weighted by Crippen LogP contribution is 2.14. The fourth-order valence-corrected chi connectivity index (χ4v) is 2.00. The van der Waals surface area contributed by atoms with Crippen LogP contribution in [0.5, 0.6) is 5.75 Å².